The molecule has 1 saturated heterocycles. The second-order valence-corrected chi connectivity index (χ2v) is 39.7. The van der Waals surface area contributed by atoms with E-state index in [9.17, 15) is 0 Å². The SMILES string of the molecule is C1CCOC1.CCCCCCCCCCCCC(CCCCCCCCCC)Cc1ccsc1.CCCCCCCCCCCCC(CCCCCCCCCC)Cc1cs[c]([Sn]([CH3])([CH3])[CH3])c1. The summed E-state index contributed by atoms with van der Waals surface area (Å²) in [5.74, 6) is 1.86. The first-order valence-corrected chi connectivity index (χ1v) is 42.3. The van der Waals surface area contributed by atoms with Crippen molar-refractivity contribution < 1.29 is 4.74 Å². The summed E-state index contributed by atoms with van der Waals surface area (Å²) in [6, 6.07) is 4.96. The summed E-state index contributed by atoms with van der Waals surface area (Å²) in [5, 5.41) is 7.14. The van der Waals surface area contributed by atoms with Gasteiger partial charge in [-0.05, 0) is 47.6 Å². The van der Waals surface area contributed by atoms with Crippen LogP contribution in [-0.4, -0.2) is 31.6 Å². The second kappa shape index (κ2) is 49.7. The van der Waals surface area contributed by atoms with E-state index >= 15 is 0 Å². The first kappa shape index (κ1) is 65.2. The molecule has 0 spiro atoms. The van der Waals surface area contributed by atoms with Gasteiger partial charge in [-0.3, -0.25) is 0 Å². The summed E-state index contributed by atoms with van der Waals surface area (Å²) in [6.07, 6.45) is 63.3. The van der Waals surface area contributed by atoms with E-state index in [0.717, 1.165) is 25.0 Å². The average molecular weight is 1080 g/mol. The molecule has 0 saturated carbocycles. The topological polar surface area (TPSA) is 9.23 Å². The van der Waals surface area contributed by atoms with Crippen LogP contribution in [0.1, 0.15) is 308 Å². The molecule has 0 bridgehead atoms. The first-order valence-electron chi connectivity index (χ1n) is 30.5. The molecule has 3 heterocycles. The van der Waals surface area contributed by atoms with Crippen molar-refractivity contribution in [3.8, 4) is 0 Å². The monoisotopic (exact) mass is 1080 g/mol. The predicted octanol–water partition coefficient (Wildman–Crippen LogP) is 22.8. The first-order chi connectivity index (χ1) is 32.8. The van der Waals surface area contributed by atoms with Crippen LogP contribution in [0.25, 0.3) is 0 Å². The van der Waals surface area contributed by atoms with E-state index in [2.05, 4.69) is 82.1 Å². The fraction of sp³-hybridized carbons (Fsp3) is 0.873. The molecular formula is C63H120OS2Sn. The van der Waals surface area contributed by atoms with Gasteiger partial charge in [0.05, 0.1) is 0 Å². The quantitative estimate of drug-likeness (QED) is 0.0474. The van der Waals surface area contributed by atoms with E-state index in [1.807, 2.05) is 11.3 Å². The van der Waals surface area contributed by atoms with Gasteiger partial charge in [-0.15, -0.1) is 0 Å². The Hall–Kier alpha value is 0.159. The van der Waals surface area contributed by atoms with Gasteiger partial charge in [0, 0.05) is 13.2 Å². The van der Waals surface area contributed by atoms with Gasteiger partial charge in [0.2, 0.25) is 0 Å². The average Bonchev–Trinajstić information content (AvgIpc) is 4.16. The molecule has 3 rings (SSSR count). The number of hydrogen-bond acceptors (Lipinski definition) is 3. The molecule has 1 nitrogen and oxygen atoms in total. The van der Waals surface area contributed by atoms with Crippen LogP contribution in [0.15, 0.2) is 28.3 Å². The molecule has 0 amide bonds. The minimum atomic E-state index is -1.89. The predicted molar refractivity (Wildman–Crippen MR) is 313 cm³/mol. The van der Waals surface area contributed by atoms with Gasteiger partial charge in [-0.1, -0.05) is 195 Å². The van der Waals surface area contributed by atoms with Crippen LogP contribution in [0.2, 0.25) is 14.8 Å². The Labute approximate surface area is 435 Å². The summed E-state index contributed by atoms with van der Waals surface area (Å²) in [7, 11) is 0. The van der Waals surface area contributed by atoms with Gasteiger partial charge in [0.1, 0.15) is 0 Å². The summed E-state index contributed by atoms with van der Waals surface area (Å²) in [6.45, 7) is 11.2. The maximum absolute atomic E-state index is 4.94. The van der Waals surface area contributed by atoms with Gasteiger partial charge >= 0.3 is 167 Å². The van der Waals surface area contributed by atoms with E-state index in [-0.39, 0.29) is 0 Å². The number of hydrogen-bond donors (Lipinski definition) is 0. The molecule has 2 atom stereocenters. The molecule has 1 fully saturated rings. The summed E-state index contributed by atoms with van der Waals surface area (Å²) < 4.78 is 6.71. The van der Waals surface area contributed by atoms with E-state index < -0.39 is 18.4 Å². The van der Waals surface area contributed by atoms with Crippen molar-refractivity contribution in [2.75, 3.05) is 13.2 Å². The van der Waals surface area contributed by atoms with Gasteiger partial charge in [0.25, 0.3) is 0 Å². The normalized spacial score (nSPS) is 13.6. The van der Waals surface area contributed by atoms with Crippen LogP contribution >= 0.6 is 22.7 Å². The van der Waals surface area contributed by atoms with Crippen molar-refractivity contribution in [1.82, 2.24) is 0 Å². The molecule has 4 heteroatoms. The molecule has 2 aromatic heterocycles. The fourth-order valence-corrected chi connectivity index (χ4v) is 17.1. The molecule has 1 aliphatic rings. The zero-order valence-electron chi connectivity index (χ0n) is 46.8. The Bertz CT molecular complexity index is 1200. The van der Waals surface area contributed by atoms with Crippen molar-refractivity contribution in [2.45, 2.75) is 325 Å². The third-order valence-corrected chi connectivity index (χ3v) is 26.0. The number of rotatable bonds is 45. The van der Waals surface area contributed by atoms with E-state index in [1.54, 1.807) is 14.0 Å². The molecular weight excluding hydrogens is 956 g/mol. The standard InChI is InChI=1S/C28H52S.C28H51S.C4H8O.3CH3.Sn/c2*1-3-5-7-9-11-13-14-16-18-20-22-27(25-28-23-24-29-26-28)21-19-17-15-12-10-8-6-4-2;1-2-4-5-3-1;;;;/h23-24,26-27H,3-22,25H2,1-2H3;23,26-27H,3-22,25H2,1-2H3;1-4H2;3*1H3;. The van der Waals surface area contributed by atoms with E-state index in [4.69, 9.17) is 4.74 Å². The minimum absolute atomic E-state index is 0.928. The molecule has 0 N–H and O–H groups in total. The number of ether oxygens (including phenoxy) is 1. The Morgan fingerprint density at radius 1 is 0.418 bits per heavy atom. The van der Waals surface area contributed by atoms with Crippen LogP contribution in [-0.2, 0) is 17.6 Å². The molecule has 67 heavy (non-hydrogen) atoms. The fourth-order valence-electron chi connectivity index (χ4n) is 10.1. The van der Waals surface area contributed by atoms with Crippen molar-refractivity contribution >= 4 is 43.9 Å². The Balaban J connectivity index is 0.000000608. The summed E-state index contributed by atoms with van der Waals surface area (Å²) in [5.41, 5.74) is 3.25. The number of unbranched alkanes of at least 4 members (excludes halogenated alkanes) is 32. The third-order valence-electron chi connectivity index (χ3n) is 14.7. The van der Waals surface area contributed by atoms with Crippen LogP contribution in [0, 0.1) is 11.8 Å². The van der Waals surface area contributed by atoms with E-state index in [1.165, 1.54) is 283 Å². The molecule has 0 aliphatic carbocycles. The number of thiophene rings is 2. The van der Waals surface area contributed by atoms with Crippen LogP contribution < -0.4 is 2.89 Å². The molecule has 2 aromatic rings. The summed E-state index contributed by atoms with van der Waals surface area (Å²) in [4.78, 5) is 7.68. The third kappa shape index (κ3) is 43.5. The second-order valence-electron chi connectivity index (χ2n) is 22.6. The van der Waals surface area contributed by atoms with E-state index in [0.29, 0.717) is 0 Å². The van der Waals surface area contributed by atoms with Crippen molar-refractivity contribution in [2.24, 2.45) is 11.8 Å². The zero-order valence-corrected chi connectivity index (χ0v) is 51.3. The Morgan fingerprint density at radius 2 is 0.731 bits per heavy atom. The van der Waals surface area contributed by atoms with Crippen molar-refractivity contribution in [3.63, 3.8) is 0 Å². The van der Waals surface area contributed by atoms with Crippen LogP contribution in [0.3, 0.4) is 0 Å². The molecule has 0 aromatic carbocycles. The van der Waals surface area contributed by atoms with Crippen molar-refractivity contribution in [3.05, 3.63) is 39.4 Å². The maximum atomic E-state index is 4.94. The van der Waals surface area contributed by atoms with Crippen molar-refractivity contribution in [1.29, 1.82) is 0 Å². The van der Waals surface area contributed by atoms with Gasteiger partial charge < -0.3 is 4.74 Å². The molecule has 2 unspecified atom stereocenters. The van der Waals surface area contributed by atoms with Gasteiger partial charge in [0.15, 0.2) is 0 Å². The zero-order chi connectivity index (χ0) is 48.6. The summed E-state index contributed by atoms with van der Waals surface area (Å²) >= 11 is 2.05. The van der Waals surface area contributed by atoms with Gasteiger partial charge in [-0.25, -0.2) is 0 Å². The van der Waals surface area contributed by atoms with Crippen LogP contribution in [0.4, 0.5) is 0 Å². The Kier molecular flexibility index (Phi) is 48.4. The van der Waals surface area contributed by atoms with Crippen LogP contribution in [0.5, 0.6) is 0 Å². The van der Waals surface area contributed by atoms with Gasteiger partial charge in [-0.2, -0.15) is 11.3 Å². The molecule has 1 aliphatic heterocycles. The molecule has 394 valence electrons. The molecule has 0 radical (unpaired) electrons. The Morgan fingerprint density at radius 3 is 0.985 bits per heavy atom.